The fraction of sp³-hybridized carbons (Fsp3) is 0.786. The minimum absolute atomic E-state index is 0. The molecule has 0 aromatic rings. The van der Waals surface area contributed by atoms with Gasteiger partial charge in [-0.05, 0) is 23.2 Å². The van der Waals surface area contributed by atoms with Crippen molar-refractivity contribution in [3.63, 3.8) is 0 Å². The molecule has 0 fully saturated rings. The van der Waals surface area contributed by atoms with Crippen molar-refractivity contribution in [1.82, 2.24) is 0 Å². The van der Waals surface area contributed by atoms with Crippen LogP contribution in [0.1, 0.15) is 78.0 Å². The van der Waals surface area contributed by atoms with E-state index in [1.54, 1.807) is 6.92 Å². The summed E-state index contributed by atoms with van der Waals surface area (Å²) in [5, 5.41) is -0.634. The Morgan fingerprint density at radius 2 is 1.00 bits per heavy atom. The predicted octanol–water partition coefficient (Wildman–Crippen LogP) is 6.73. The normalized spacial score (nSPS) is 4.45. The van der Waals surface area contributed by atoms with Crippen LogP contribution in [0, 0.1) is 7.43 Å². The quantitative estimate of drug-likeness (QED) is 0.254. The van der Waals surface area contributed by atoms with E-state index in [1.807, 2.05) is 41.5 Å². The van der Waals surface area contributed by atoms with Gasteiger partial charge in [0.25, 0.3) is 0 Å². The number of rotatable bonds is 1. The first kappa shape index (κ1) is 57.6. The Hall–Kier alpha value is 1.71. The van der Waals surface area contributed by atoms with Crippen molar-refractivity contribution in [2.75, 3.05) is 0 Å². The van der Waals surface area contributed by atoms with Gasteiger partial charge < -0.3 is 7.43 Å². The molecule has 0 N–H and O–H groups in total. The molecule has 20 heavy (non-hydrogen) atoms. The van der Waals surface area contributed by atoms with E-state index in [1.165, 1.54) is 14.3 Å². The van der Waals surface area contributed by atoms with Crippen LogP contribution < -0.4 is 0 Å². The zero-order chi connectivity index (χ0) is 15.9. The van der Waals surface area contributed by atoms with Crippen molar-refractivity contribution in [2.45, 2.75) is 76.6 Å². The van der Waals surface area contributed by atoms with E-state index in [4.69, 9.17) is 13.0 Å². The van der Waals surface area contributed by atoms with Crippen molar-refractivity contribution in [1.29, 1.82) is 0 Å². The summed E-state index contributed by atoms with van der Waals surface area (Å²) >= 11 is 9.46. The van der Waals surface area contributed by atoms with E-state index in [0.717, 1.165) is 0 Å². The zero-order valence-electron chi connectivity index (χ0n) is 15.3. The molecule has 0 heterocycles. The summed E-state index contributed by atoms with van der Waals surface area (Å²) in [5.41, 5.74) is 0. The number of hydrogen-bond donors (Lipinski definition) is 0. The summed E-state index contributed by atoms with van der Waals surface area (Å²) in [6.07, 6.45) is 0.432. The van der Waals surface area contributed by atoms with Crippen LogP contribution in [0.2, 0.25) is 0 Å². The summed E-state index contributed by atoms with van der Waals surface area (Å²) in [4.78, 5) is 18.8. The molecule has 129 valence electrons. The molecule has 1 radical (unpaired) electrons. The smallest absolute Gasteiger partial charge is 0.221 e. The number of carbonyl (C=O) groups is 2. The SMILES string of the molecule is C.CC.CC.CC.CC(=O)Cl.CCC(=O)Cl.[3H]C.[CH3-].[W].[Y]. The first-order valence-corrected chi connectivity index (χ1v) is 6.10. The molecule has 0 aliphatic heterocycles. The van der Waals surface area contributed by atoms with Crippen LogP contribution in [0.5, 0.6) is 0 Å². The van der Waals surface area contributed by atoms with Gasteiger partial charge in [-0.3, -0.25) is 9.59 Å². The topological polar surface area (TPSA) is 34.1 Å². The van der Waals surface area contributed by atoms with E-state index in [9.17, 15) is 9.59 Å². The van der Waals surface area contributed by atoms with Crippen LogP contribution in [-0.2, 0) is 63.4 Å². The number of hydrogen-bond acceptors (Lipinski definition) is 2. The molecule has 0 amide bonds. The molecule has 2 nitrogen and oxygen atoms in total. The summed E-state index contributed by atoms with van der Waals surface area (Å²) < 4.78 is 5.75. The second-order valence-corrected chi connectivity index (χ2v) is 2.13. The van der Waals surface area contributed by atoms with Crippen LogP contribution in [0.15, 0.2) is 0 Å². The third-order valence-electron chi connectivity index (χ3n) is 0.278. The van der Waals surface area contributed by atoms with Gasteiger partial charge in [-0.25, -0.2) is 0 Å². The van der Waals surface area contributed by atoms with Gasteiger partial charge in [-0.2, -0.15) is 0 Å². The van der Waals surface area contributed by atoms with Gasteiger partial charge >= 0.3 is 0 Å². The Kier molecular flexibility index (Phi) is 306. The molecular weight excluding hydrogens is 544 g/mol. The summed E-state index contributed by atoms with van der Waals surface area (Å²) in [5.74, 6) is 0. The Bertz CT molecular complexity index is 119. The summed E-state index contributed by atoms with van der Waals surface area (Å²) in [6, 6.07) is 0. The van der Waals surface area contributed by atoms with E-state index >= 15 is 0 Å². The Morgan fingerprint density at radius 3 is 1.00 bits per heavy atom. The Balaban J connectivity index is -0.00000000876. The third kappa shape index (κ3) is 501. The van der Waals surface area contributed by atoms with Crippen LogP contribution in [0.3, 0.4) is 0 Å². The van der Waals surface area contributed by atoms with Crippen LogP contribution in [0.4, 0.5) is 0 Å². The molecule has 0 saturated heterocycles. The number of carbonyl (C=O) groups excluding carboxylic acids is 2. The monoisotopic (exact) mass is 582 g/mol. The Morgan fingerprint density at radius 1 is 0.950 bits per heavy atom. The van der Waals surface area contributed by atoms with Gasteiger partial charge in [0.05, 0.1) is 0 Å². The van der Waals surface area contributed by atoms with Crippen LogP contribution in [-0.4, -0.2) is 10.5 Å². The largest absolute Gasteiger partial charge is 0.358 e. The maximum atomic E-state index is 9.58. The maximum absolute atomic E-state index is 9.58. The predicted molar refractivity (Wildman–Crippen MR) is 91.6 cm³/mol. The molecule has 0 aromatic heterocycles. The second-order valence-electron chi connectivity index (χ2n) is 1.18. The minimum Gasteiger partial charge on any atom is -0.358 e. The van der Waals surface area contributed by atoms with Gasteiger partial charge in [0.2, 0.25) is 10.5 Å². The minimum atomic E-state index is -0.361. The standard InChI is InChI=1S/C3H5ClO.C2H3ClO.3C2H6.2CH4.CH3.W.Y/c1-2-3(4)5;1-2(3)4;3*1-2;;;;;/h2H2,1H3;1H3;3*1-2H3;2*1H4;1H3;;/q;;;;;;;-1;;/i;;;;;1T;;;;. The van der Waals surface area contributed by atoms with Crippen molar-refractivity contribution in [3.8, 4) is 0 Å². The second kappa shape index (κ2) is 106. The van der Waals surface area contributed by atoms with Gasteiger partial charge in [0.1, 0.15) is 0 Å². The Labute approximate surface area is 181 Å². The molecule has 0 atom stereocenters. The molecule has 6 heteroatoms. The zero-order valence-corrected chi connectivity index (χ0v) is 21.5. The van der Waals surface area contributed by atoms with Crippen molar-refractivity contribution < 1.29 is 64.7 Å². The van der Waals surface area contributed by atoms with Gasteiger partial charge in [-0.15, -0.1) is 0 Å². The molecule has 0 spiro atoms. The molecule has 0 saturated carbocycles. The molecule has 0 rings (SSSR count). The van der Waals surface area contributed by atoms with Gasteiger partial charge in [-0.1, -0.05) is 63.3 Å². The molecule has 0 bridgehead atoms. The van der Waals surface area contributed by atoms with E-state index in [-0.39, 0.29) is 79.1 Å². The summed E-state index contributed by atoms with van der Waals surface area (Å²) in [7, 11) is 1.25. The average molecular weight is 583 g/mol. The number of halogens is 2. The van der Waals surface area contributed by atoms with Crippen LogP contribution >= 0.6 is 23.2 Å². The van der Waals surface area contributed by atoms with Gasteiger partial charge in [0.15, 0.2) is 0 Å². The first-order chi connectivity index (χ1) is 8.00. The van der Waals surface area contributed by atoms with Gasteiger partial charge in [0, 0.05) is 68.5 Å². The molecule has 0 aliphatic rings. The molecule has 0 aliphatic carbocycles. The molecule has 0 aromatic carbocycles. The average Bonchev–Trinajstić information content (AvgIpc) is 2.38. The van der Waals surface area contributed by atoms with Crippen molar-refractivity contribution >= 4 is 33.7 Å². The maximum Gasteiger partial charge on any atom is 0.221 e. The third-order valence-corrected chi connectivity index (χ3v) is 0.545. The summed E-state index contributed by atoms with van der Waals surface area (Å²) in [6.45, 7) is 15.0. The van der Waals surface area contributed by atoms with Crippen molar-refractivity contribution in [3.05, 3.63) is 7.43 Å². The molecular formula is C14H37Cl2O2WY-. The fourth-order valence-electron chi connectivity index (χ4n) is 0. The van der Waals surface area contributed by atoms with E-state index in [0.29, 0.717) is 6.42 Å². The van der Waals surface area contributed by atoms with Crippen molar-refractivity contribution in [2.24, 2.45) is 0 Å². The molecule has 0 unspecified atom stereocenters. The van der Waals surface area contributed by atoms with Crippen LogP contribution in [0.25, 0.3) is 0 Å². The van der Waals surface area contributed by atoms with E-state index < -0.39 is 0 Å². The first-order valence-electron chi connectivity index (χ1n) is 6.35. The van der Waals surface area contributed by atoms with E-state index in [2.05, 4.69) is 11.6 Å². The fourth-order valence-corrected chi connectivity index (χ4v) is 0.